The van der Waals surface area contributed by atoms with Crippen LogP contribution in [-0.4, -0.2) is 43.1 Å². The number of hydrogen-bond donors (Lipinski definition) is 3. The highest BCUT2D eigenvalue weighted by Crippen LogP contribution is 2.24. The van der Waals surface area contributed by atoms with Gasteiger partial charge in [-0.1, -0.05) is 12.8 Å². The molecule has 0 unspecified atom stereocenters. The molecule has 17 heavy (non-hydrogen) atoms. The maximum Gasteiger partial charge on any atom is 0.205 e. The number of nitrogens with one attached hydrogen (secondary N) is 2. The Balaban J connectivity index is 1.68. The molecule has 5 nitrogen and oxygen atoms in total. The molecule has 0 spiro atoms. The van der Waals surface area contributed by atoms with Crippen molar-refractivity contribution in [2.24, 2.45) is 10.8 Å². The second-order valence-corrected chi connectivity index (χ2v) is 5.21. The summed E-state index contributed by atoms with van der Waals surface area (Å²) >= 11 is 0. The summed E-state index contributed by atoms with van der Waals surface area (Å²) in [5.41, 5.74) is 2.67. The highest BCUT2D eigenvalue weighted by atomic mass is 15.3. The summed E-state index contributed by atoms with van der Waals surface area (Å²) in [6, 6.07) is 1.37. The van der Waals surface area contributed by atoms with Gasteiger partial charge < -0.3 is 10.2 Å². The molecule has 0 aliphatic heterocycles. The second kappa shape index (κ2) is 6.21. The lowest BCUT2D eigenvalue weighted by Gasteiger charge is -2.17. The molecule has 5 heteroatoms. The van der Waals surface area contributed by atoms with Crippen LogP contribution in [0.25, 0.3) is 0 Å². The van der Waals surface area contributed by atoms with Gasteiger partial charge in [0.1, 0.15) is 0 Å². The van der Waals surface area contributed by atoms with E-state index < -0.39 is 0 Å². The number of nitrogens with two attached hydrogens (primary N) is 1. The van der Waals surface area contributed by atoms with Crippen molar-refractivity contribution in [2.45, 2.75) is 50.6 Å². The van der Waals surface area contributed by atoms with Crippen molar-refractivity contribution < 1.29 is 0 Å². The van der Waals surface area contributed by atoms with E-state index in [4.69, 9.17) is 5.84 Å². The molecule has 2 saturated carbocycles. The van der Waals surface area contributed by atoms with Crippen molar-refractivity contribution in [3.8, 4) is 0 Å². The van der Waals surface area contributed by atoms with Crippen molar-refractivity contribution in [1.82, 2.24) is 15.6 Å². The van der Waals surface area contributed by atoms with Gasteiger partial charge in [0.05, 0.1) is 6.54 Å². The van der Waals surface area contributed by atoms with Gasteiger partial charge in [-0.2, -0.15) is 0 Å². The normalized spacial score (nSPS) is 22.2. The molecule has 4 N–H and O–H groups in total. The van der Waals surface area contributed by atoms with Crippen LogP contribution >= 0.6 is 0 Å². The average molecular weight is 239 g/mol. The van der Waals surface area contributed by atoms with Crippen LogP contribution in [-0.2, 0) is 0 Å². The van der Waals surface area contributed by atoms with Crippen molar-refractivity contribution in [2.75, 3.05) is 20.1 Å². The molecule has 2 fully saturated rings. The SMILES string of the molecule is CN(CCN=C(NN)NC1CCCC1)C1CC1. The van der Waals surface area contributed by atoms with Gasteiger partial charge >= 0.3 is 0 Å². The lowest BCUT2D eigenvalue weighted by molar-refractivity contribution is 0.333. The van der Waals surface area contributed by atoms with E-state index in [0.29, 0.717) is 6.04 Å². The summed E-state index contributed by atoms with van der Waals surface area (Å²) in [6.07, 6.45) is 7.82. The minimum absolute atomic E-state index is 0.561. The lowest BCUT2D eigenvalue weighted by Crippen LogP contribution is -2.46. The van der Waals surface area contributed by atoms with E-state index in [1.165, 1.54) is 38.5 Å². The highest BCUT2D eigenvalue weighted by Gasteiger charge is 2.25. The Morgan fingerprint density at radius 1 is 1.29 bits per heavy atom. The van der Waals surface area contributed by atoms with Crippen molar-refractivity contribution in [3.63, 3.8) is 0 Å². The number of nitrogens with zero attached hydrogens (tertiary/aromatic N) is 2. The molecule has 0 bridgehead atoms. The monoisotopic (exact) mass is 239 g/mol. The molecule has 0 amide bonds. The van der Waals surface area contributed by atoms with Gasteiger partial charge in [0.25, 0.3) is 0 Å². The first-order valence-electron chi connectivity index (χ1n) is 6.77. The van der Waals surface area contributed by atoms with Crippen molar-refractivity contribution >= 4 is 5.96 Å². The van der Waals surface area contributed by atoms with Crippen LogP contribution in [0.5, 0.6) is 0 Å². The Kier molecular flexibility index (Phi) is 4.62. The second-order valence-electron chi connectivity index (χ2n) is 5.21. The van der Waals surface area contributed by atoms with Gasteiger partial charge in [-0.3, -0.25) is 10.4 Å². The standard InChI is InChI=1S/C12H25N5/c1-17(11-6-7-11)9-8-14-12(16-13)15-10-4-2-3-5-10/h10-11H,2-9,13H2,1H3,(H2,14,15,16). The lowest BCUT2D eigenvalue weighted by atomic mass is 10.2. The molecule has 0 aromatic heterocycles. The summed E-state index contributed by atoms with van der Waals surface area (Å²) in [5, 5.41) is 3.38. The molecule has 0 saturated heterocycles. The molecule has 98 valence electrons. The summed E-state index contributed by atoms with van der Waals surface area (Å²) < 4.78 is 0. The van der Waals surface area contributed by atoms with Crippen LogP contribution in [0.2, 0.25) is 0 Å². The third kappa shape index (κ3) is 4.16. The number of rotatable bonds is 5. The van der Waals surface area contributed by atoms with E-state index >= 15 is 0 Å². The minimum atomic E-state index is 0.561. The Hall–Kier alpha value is -0.810. The highest BCUT2D eigenvalue weighted by molar-refractivity contribution is 5.79. The van der Waals surface area contributed by atoms with Gasteiger partial charge in [-0.05, 0) is 32.7 Å². The zero-order chi connectivity index (χ0) is 12.1. The number of hydrogen-bond acceptors (Lipinski definition) is 3. The molecule has 2 rings (SSSR count). The van der Waals surface area contributed by atoms with Crippen molar-refractivity contribution in [3.05, 3.63) is 0 Å². The molecule has 0 atom stereocenters. The third-order valence-corrected chi connectivity index (χ3v) is 3.73. The fourth-order valence-corrected chi connectivity index (χ4v) is 2.41. The maximum absolute atomic E-state index is 5.48. The Morgan fingerprint density at radius 3 is 2.59 bits per heavy atom. The van der Waals surface area contributed by atoms with Crippen LogP contribution in [0, 0.1) is 0 Å². The van der Waals surface area contributed by atoms with E-state index in [1.807, 2.05) is 0 Å². The molecule has 2 aliphatic carbocycles. The summed E-state index contributed by atoms with van der Waals surface area (Å²) in [6.45, 7) is 1.83. The molecule has 0 aromatic rings. The molecule has 2 aliphatic rings. The minimum Gasteiger partial charge on any atom is -0.353 e. The van der Waals surface area contributed by atoms with Gasteiger partial charge in [0, 0.05) is 18.6 Å². The number of likely N-dealkylation sites (N-methyl/N-ethyl adjacent to an activating group) is 1. The van der Waals surface area contributed by atoms with Gasteiger partial charge in [-0.15, -0.1) is 0 Å². The van der Waals surface area contributed by atoms with E-state index in [9.17, 15) is 0 Å². The topological polar surface area (TPSA) is 65.7 Å². The fraction of sp³-hybridized carbons (Fsp3) is 0.917. The first kappa shape index (κ1) is 12.6. The smallest absolute Gasteiger partial charge is 0.205 e. The van der Waals surface area contributed by atoms with E-state index in [-0.39, 0.29) is 0 Å². The van der Waals surface area contributed by atoms with Crippen LogP contribution in [0.3, 0.4) is 0 Å². The third-order valence-electron chi connectivity index (χ3n) is 3.73. The van der Waals surface area contributed by atoms with Crippen LogP contribution in [0.4, 0.5) is 0 Å². The maximum atomic E-state index is 5.48. The number of guanidine groups is 1. The summed E-state index contributed by atoms with van der Waals surface area (Å²) in [7, 11) is 2.17. The zero-order valence-corrected chi connectivity index (χ0v) is 10.8. The van der Waals surface area contributed by atoms with Crippen LogP contribution in [0.15, 0.2) is 4.99 Å². The fourth-order valence-electron chi connectivity index (χ4n) is 2.41. The largest absolute Gasteiger partial charge is 0.353 e. The number of aliphatic imine (C=N–C) groups is 1. The molecular weight excluding hydrogens is 214 g/mol. The quantitative estimate of drug-likeness (QED) is 0.282. The van der Waals surface area contributed by atoms with Gasteiger partial charge in [0.15, 0.2) is 0 Å². The number of hydrazine groups is 1. The predicted molar refractivity (Wildman–Crippen MR) is 70.7 cm³/mol. The van der Waals surface area contributed by atoms with E-state index in [1.54, 1.807) is 0 Å². The van der Waals surface area contributed by atoms with Crippen molar-refractivity contribution in [1.29, 1.82) is 0 Å². The Labute approximate surface area is 104 Å². The zero-order valence-electron chi connectivity index (χ0n) is 10.8. The first-order chi connectivity index (χ1) is 8.29. The van der Waals surface area contributed by atoms with Gasteiger partial charge in [-0.25, -0.2) is 5.84 Å². The molecular formula is C12H25N5. The summed E-state index contributed by atoms with van der Waals surface area (Å²) in [4.78, 5) is 6.87. The van der Waals surface area contributed by atoms with Crippen LogP contribution < -0.4 is 16.6 Å². The Bertz CT molecular complexity index is 256. The molecule has 0 heterocycles. The Morgan fingerprint density at radius 2 is 2.00 bits per heavy atom. The summed E-state index contributed by atoms with van der Waals surface area (Å²) in [5.74, 6) is 6.23. The van der Waals surface area contributed by atoms with Gasteiger partial charge in [0.2, 0.25) is 5.96 Å². The molecule has 0 aromatic carbocycles. The van der Waals surface area contributed by atoms with E-state index in [2.05, 4.69) is 27.7 Å². The molecule has 0 radical (unpaired) electrons. The predicted octanol–water partition coefficient (Wildman–Crippen LogP) is 0.432. The average Bonchev–Trinajstić information content (AvgIpc) is 3.07. The van der Waals surface area contributed by atoms with Crippen LogP contribution in [0.1, 0.15) is 38.5 Å². The first-order valence-corrected chi connectivity index (χ1v) is 6.77. The van der Waals surface area contributed by atoms with E-state index in [0.717, 1.165) is 25.1 Å².